The average molecular weight is 679 g/mol. The highest BCUT2D eigenvalue weighted by atomic mass is 35.5. The monoisotopic (exact) mass is 678 g/mol. The van der Waals surface area contributed by atoms with E-state index >= 15 is 0 Å². The smallest absolute Gasteiger partial charge is 0.241 e. The lowest BCUT2D eigenvalue weighted by Crippen LogP contribution is -2.49. The summed E-state index contributed by atoms with van der Waals surface area (Å²) >= 11 is 6.11. The first-order valence-electron chi connectivity index (χ1n) is 16.4. The summed E-state index contributed by atoms with van der Waals surface area (Å²) in [4.78, 5) is 59.6. The van der Waals surface area contributed by atoms with Crippen molar-refractivity contribution in [3.63, 3.8) is 0 Å². The molecule has 1 saturated carbocycles. The number of halogens is 2. The Balaban J connectivity index is 1.25. The van der Waals surface area contributed by atoms with Crippen LogP contribution in [0.1, 0.15) is 36.8 Å². The van der Waals surface area contributed by atoms with Crippen molar-refractivity contribution in [1.82, 2.24) is 4.90 Å². The van der Waals surface area contributed by atoms with E-state index in [0.717, 1.165) is 27.5 Å². The Kier molecular flexibility index (Phi) is 7.19. The molecule has 0 radical (unpaired) electrons. The van der Waals surface area contributed by atoms with E-state index in [2.05, 4.69) is 0 Å². The van der Waals surface area contributed by atoms with E-state index < -0.39 is 52.6 Å². The van der Waals surface area contributed by atoms with Crippen molar-refractivity contribution in [2.24, 2.45) is 29.1 Å². The van der Waals surface area contributed by atoms with Gasteiger partial charge in [0, 0.05) is 18.0 Å². The molecular formula is C39H32ClFN2O6. The van der Waals surface area contributed by atoms with Gasteiger partial charge in [0.15, 0.2) is 0 Å². The number of benzene rings is 4. The van der Waals surface area contributed by atoms with E-state index in [4.69, 9.17) is 11.6 Å². The number of rotatable bonds is 5. The van der Waals surface area contributed by atoms with Crippen molar-refractivity contribution in [1.29, 1.82) is 0 Å². The number of carbonyl (C=O) groups is 4. The Morgan fingerprint density at radius 3 is 2.41 bits per heavy atom. The van der Waals surface area contributed by atoms with Crippen molar-refractivity contribution < 1.29 is 33.8 Å². The standard InChI is InChI=1S/C39H32ClFN2O6/c1-39-28(36(47)43(38(39)49)22-9-14-30(41)29(40)18-22)19-27-25(34(39)33-24-5-3-2-4-21(24)8-15-31(33)45)12-13-26-32(27)37(48)42(35(26)46)17-16-20-6-10-23(44)11-7-20/h2-12,14-15,18,26-28,32,34,44-45H,13,16-17,19H2,1H3. The predicted octanol–water partition coefficient (Wildman–Crippen LogP) is 6.52. The number of aromatic hydroxyl groups is 2. The number of fused-ring (bicyclic) bond motifs is 5. The zero-order valence-corrected chi connectivity index (χ0v) is 27.2. The molecule has 0 spiro atoms. The molecule has 4 aromatic rings. The first kappa shape index (κ1) is 31.3. The van der Waals surface area contributed by atoms with Gasteiger partial charge in [-0.15, -0.1) is 0 Å². The number of carbonyl (C=O) groups excluding carboxylic acids is 4. The molecule has 6 atom stereocenters. The van der Waals surface area contributed by atoms with Crippen molar-refractivity contribution in [2.45, 2.75) is 32.1 Å². The van der Waals surface area contributed by atoms with Crippen LogP contribution in [0.15, 0.2) is 90.5 Å². The number of likely N-dealkylation sites (tertiary alicyclic amines) is 1. The fourth-order valence-electron chi connectivity index (χ4n) is 8.97. The van der Waals surface area contributed by atoms with Crippen LogP contribution >= 0.6 is 11.6 Å². The molecule has 0 bridgehead atoms. The Bertz CT molecular complexity index is 2130. The largest absolute Gasteiger partial charge is 0.508 e. The minimum atomic E-state index is -1.39. The maximum atomic E-state index is 14.7. The summed E-state index contributed by atoms with van der Waals surface area (Å²) in [5.41, 5.74) is 0.858. The van der Waals surface area contributed by atoms with Gasteiger partial charge in [-0.3, -0.25) is 24.1 Å². The highest BCUT2D eigenvalue weighted by Gasteiger charge is 2.68. The Labute approximate surface area is 286 Å². The summed E-state index contributed by atoms with van der Waals surface area (Å²) in [6, 6.07) is 21.2. The Morgan fingerprint density at radius 2 is 1.65 bits per heavy atom. The van der Waals surface area contributed by atoms with Gasteiger partial charge in [0.05, 0.1) is 33.9 Å². The van der Waals surface area contributed by atoms with Crippen LogP contribution in [0.4, 0.5) is 10.1 Å². The van der Waals surface area contributed by atoms with Crippen LogP contribution in [-0.2, 0) is 25.6 Å². The number of allylic oxidation sites excluding steroid dienone is 2. The van der Waals surface area contributed by atoms with Crippen LogP contribution in [-0.4, -0.2) is 45.3 Å². The average Bonchev–Trinajstić information content (AvgIpc) is 3.45. The summed E-state index contributed by atoms with van der Waals surface area (Å²) in [5.74, 6) is -5.82. The number of imide groups is 2. The molecule has 2 N–H and O–H groups in total. The second-order valence-electron chi connectivity index (χ2n) is 13.7. The normalized spacial score (nSPS) is 27.7. The fourth-order valence-corrected chi connectivity index (χ4v) is 9.14. The molecule has 3 fully saturated rings. The van der Waals surface area contributed by atoms with Crippen LogP contribution in [0.2, 0.25) is 5.02 Å². The van der Waals surface area contributed by atoms with Crippen LogP contribution in [0, 0.1) is 34.9 Å². The maximum absolute atomic E-state index is 14.7. The SMILES string of the molecule is CC12C(=O)N(c3ccc(F)c(Cl)c3)C(=O)C1CC1C(=CCC3C(=O)N(CCc4ccc(O)cc4)C(=O)C31)C2c1c(O)ccc2ccccc12. The first-order valence-corrected chi connectivity index (χ1v) is 16.8. The van der Waals surface area contributed by atoms with Gasteiger partial charge in [-0.1, -0.05) is 65.7 Å². The second kappa shape index (κ2) is 11.3. The molecule has 6 unspecified atom stereocenters. The molecule has 2 aliphatic carbocycles. The fraction of sp³-hybridized carbons (Fsp3) is 0.282. The summed E-state index contributed by atoms with van der Waals surface area (Å²) in [5, 5.41) is 22.5. The van der Waals surface area contributed by atoms with Crippen molar-refractivity contribution in [3.05, 3.63) is 112 Å². The molecule has 4 aromatic carbocycles. The van der Waals surface area contributed by atoms with E-state index in [9.17, 15) is 33.8 Å². The van der Waals surface area contributed by atoms with Gasteiger partial charge >= 0.3 is 0 Å². The quantitative estimate of drug-likeness (QED) is 0.184. The van der Waals surface area contributed by atoms with Crippen LogP contribution in [0.5, 0.6) is 11.5 Å². The second-order valence-corrected chi connectivity index (χ2v) is 14.1. The number of phenols is 2. The van der Waals surface area contributed by atoms with E-state index in [1.54, 1.807) is 43.3 Å². The van der Waals surface area contributed by atoms with E-state index in [1.165, 1.54) is 17.0 Å². The Morgan fingerprint density at radius 1 is 0.898 bits per heavy atom. The number of amides is 4. The Hall–Kier alpha value is -5.02. The lowest BCUT2D eigenvalue weighted by atomic mass is 9.51. The molecule has 8 rings (SSSR count). The number of hydrogen-bond acceptors (Lipinski definition) is 6. The van der Waals surface area contributed by atoms with Crippen molar-refractivity contribution >= 4 is 51.7 Å². The topological polar surface area (TPSA) is 115 Å². The van der Waals surface area contributed by atoms with Crippen LogP contribution in [0.3, 0.4) is 0 Å². The summed E-state index contributed by atoms with van der Waals surface area (Å²) < 4.78 is 14.2. The van der Waals surface area contributed by atoms with Gasteiger partial charge in [0.25, 0.3) is 0 Å². The van der Waals surface area contributed by atoms with Crippen LogP contribution < -0.4 is 4.90 Å². The molecule has 2 heterocycles. The van der Waals surface area contributed by atoms with Gasteiger partial charge in [0.2, 0.25) is 23.6 Å². The highest BCUT2D eigenvalue weighted by Crippen LogP contribution is 2.65. The third-order valence-corrected chi connectivity index (χ3v) is 11.6. The molecule has 10 heteroatoms. The van der Waals surface area contributed by atoms with E-state index in [-0.39, 0.29) is 53.4 Å². The number of hydrogen-bond donors (Lipinski definition) is 2. The van der Waals surface area contributed by atoms with Gasteiger partial charge in [-0.2, -0.15) is 0 Å². The third-order valence-electron chi connectivity index (χ3n) is 11.3. The van der Waals surface area contributed by atoms with Gasteiger partial charge in [-0.05, 0) is 84.8 Å². The summed E-state index contributed by atoms with van der Waals surface area (Å²) in [6.07, 6.45) is 2.78. The summed E-state index contributed by atoms with van der Waals surface area (Å²) in [6.45, 7) is 1.91. The zero-order valence-electron chi connectivity index (χ0n) is 26.5. The van der Waals surface area contributed by atoms with Crippen LogP contribution in [0.25, 0.3) is 10.8 Å². The molecule has 4 amide bonds. The molecule has 4 aliphatic rings. The molecule has 49 heavy (non-hydrogen) atoms. The lowest BCUT2D eigenvalue weighted by Gasteiger charge is -2.49. The van der Waals surface area contributed by atoms with E-state index in [0.29, 0.717) is 17.4 Å². The van der Waals surface area contributed by atoms with Gasteiger partial charge in [-0.25, -0.2) is 9.29 Å². The molecule has 0 aromatic heterocycles. The predicted molar refractivity (Wildman–Crippen MR) is 180 cm³/mol. The molecular weight excluding hydrogens is 647 g/mol. The van der Waals surface area contributed by atoms with Gasteiger partial charge in [0.1, 0.15) is 17.3 Å². The van der Waals surface area contributed by atoms with Crippen molar-refractivity contribution in [3.8, 4) is 11.5 Å². The molecule has 8 nitrogen and oxygen atoms in total. The minimum absolute atomic E-state index is 0.0415. The highest BCUT2D eigenvalue weighted by molar-refractivity contribution is 6.31. The summed E-state index contributed by atoms with van der Waals surface area (Å²) in [7, 11) is 0. The number of anilines is 1. The third kappa shape index (κ3) is 4.55. The molecule has 248 valence electrons. The minimum Gasteiger partial charge on any atom is -0.508 e. The maximum Gasteiger partial charge on any atom is 0.241 e. The number of phenolic OH excluding ortho intramolecular Hbond substituents is 2. The molecule has 2 aliphatic heterocycles. The van der Waals surface area contributed by atoms with Gasteiger partial charge < -0.3 is 10.2 Å². The zero-order chi connectivity index (χ0) is 34.4. The van der Waals surface area contributed by atoms with Crippen molar-refractivity contribution in [2.75, 3.05) is 11.4 Å². The lowest BCUT2D eigenvalue weighted by molar-refractivity contribution is -0.140. The first-order chi connectivity index (χ1) is 23.5. The van der Waals surface area contributed by atoms with E-state index in [1.807, 2.05) is 30.3 Å². The number of nitrogens with zero attached hydrogens (tertiary/aromatic N) is 2. The molecule has 2 saturated heterocycles.